The zero-order chi connectivity index (χ0) is 14.0. The van der Waals surface area contributed by atoms with Gasteiger partial charge in [-0.1, -0.05) is 0 Å². The summed E-state index contributed by atoms with van der Waals surface area (Å²) in [7, 11) is 0. The molecule has 0 saturated carbocycles. The fourth-order valence-electron chi connectivity index (χ4n) is 1.47. The van der Waals surface area contributed by atoms with Gasteiger partial charge >= 0.3 is 0 Å². The van der Waals surface area contributed by atoms with Crippen LogP contribution in [-0.4, -0.2) is 21.0 Å². The van der Waals surface area contributed by atoms with Gasteiger partial charge in [-0.2, -0.15) is 4.98 Å². The van der Waals surface area contributed by atoms with Crippen LogP contribution in [0.5, 0.6) is 5.88 Å². The van der Waals surface area contributed by atoms with Crippen molar-refractivity contribution in [3.63, 3.8) is 0 Å². The monoisotopic (exact) mass is 263 g/mol. The van der Waals surface area contributed by atoms with Crippen molar-refractivity contribution in [2.75, 3.05) is 5.32 Å². The van der Waals surface area contributed by atoms with Crippen molar-refractivity contribution in [3.05, 3.63) is 51.8 Å². The Hall–Kier alpha value is -2.70. The average Bonchev–Trinajstić information content (AvgIpc) is 2.34. The van der Waals surface area contributed by atoms with Crippen molar-refractivity contribution < 1.29 is 14.3 Å². The molecule has 0 spiro atoms. The van der Waals surface area contributed by atoms with Crippen LogP contribution in [0.15, 0.2) is 29.1 Å². The predicted octanol–water partition coefficient (Wildman–Crippen LogP) is 1.18. The molecule has 2 aromatic rings. The van der Waals surface area contributed by atoms with Gasteiger partial charge in [0.05, 0.1) is 0 Å². The summed E-state index contributed by atoms with van der Waals surface area (Å²) in [5, 5.41) is 11.7. The van der Waals surface area contributed by atoms with Gasteiger partial charge in [-0.25, -0.2) is 4.39 Å². The third-order valence-electron chi connectivity index (χ3n) is 2.36. The first kappa shape index (κ1) is 12.7. The molecule has 1 aromatic heterocycles. The van der Waals surface area contributed by atoms with Crippen LogP contribution < -0.4 is 10.9 Å². The van der Waals surface area contributed by atoms with E-state index in [1.165, 1.54) is 19.1 Å². The molecule has 0 unspecified atom stereocenters. The number of rotatable bonds is 2. The van der Waals surface area contributed by atoms with Gasteiger partial charge in [-0.05, 0) is 31.2 Å². The highest BCUT2D eigenvalue weighted by atomic mass is 19.1. The number of anilines is 1. The van der Waals surface area contributed by atoms with Crippen LogP contribution in [0.2, 0.25) is 0 Å². The molecule has 3 N–H and O–H groups in total. The maximum absolute atomic E-state index is 12.7. The number of carbonyl (C=O) groups is 1. The standard InChI is InChI=1S/C12H10FN3O3/c1-6-14-11(18)9(12(19)15-6)16-10(17)7-2-4-8(13)5-3-7/h2-5H,1H3,(H,16,17)(H2,14,15,18,19). The van der Waals surface area contributed by atoms with Gasteiger partial charge in [0.1, 0.15) is 11.6 Å². The molecule has 7 heteroatoms. The third kappa shape index (κ3) is 2.76. The summed E-state index contributed by atoms with van der Waals surface area (Å²) in [5.41, 5.74) is -0.860. The van der Waals surface area contributed by atoms with Gasteiger partial charge in [0.2, 0.25) is 5.88 Å². The molecule has 0 aliphatic heterocycles. The highest BCUT2D eigenvalue weighted by Gasteiger charge is 2.14. The summed E-state index contributed by atoms with van der Waals surface area (Å²) >= 11 is 0. The first-order valence-corrected chi connectivity index (χ1v) is 5.34. The van der Waals surface area contributed by atoms with Crippen molar-refractivity contribution in [2.45, 2.75) is 6.92 Å². The fourth-order valence-corrected chi connectivity index (χ4v) is 1.47. The van der Waals surface area contributed by atoms with Crippen molar-refractivity contribution >= 4 is 11.6 Å². The summed E-state index contributed by atoms with van der Waals surface area (Å²) in [6, 6.07) is 4.76. The largest absolute Gasteiger partial charge is 0.492 e. The lowest BCUT2D eigenvalue weighted by molar-refractivity contribution is 0.102. The summed E-state index contributed by atoms with van der Waals surface area (Å²) in [5.74, 6) is -1.47. The molecule has 0 radical (unpaired) electrons. The second-order valence-electron chi connectivity index (χ2n) is 3.81. The Labute approximate surface area is 106 Å². The van der Waals surface area contributed by atoms with Gasteiger partial charge in [-0.3, -0.25) is 9.59 Å². The minimum absolute atomic E-state index is 0.153. The molecule has 2 rings (SSSR count). The molecular weight excluding hydrogens is 253 g/mol. The predicted molar refractivity (Wildman–Crippen MR) is 65.6 cm³/mol. The topological polar surface area (TPSA) is 95.1 Å². The number of aromatic amines is 1. The Morgan fingerprint density at radius 3 is 2.58 bits per heavy atom. The number of amides is 1. The number of aryl methyl sites for hydroxylation is 1. The summed E-state index contributed by atoms with van der Waals surface area (Å²) in [6.07, 6.45) is 0. The van der Waals surface area contributed by atoms with Crippen molar-refractivity contribution in [1.82, 2.24) is 9.97 Å². The SMILES string of the molecule is Cc1nc(O)c(NC(=O)c2ccc(F)cc2)c(=O)[nH]1. The van der Waals surface area contributed by atoms with E-state index >= 15 is 0 Å². The number of nitrogens with zero attached hydrogens (tertiary/aromatic N) is 1. The molecule has 0 aliphatic rings. The smallest absolute Gasteiger partial charge is 0.278 e. The highest BCUT2D eigenvalue weighted by molar-refractivity contribution is 6.04. The summed E-state index contributed by atoms with van der Waals surface area (Å²) in [6.45, 7) is 1.49. The maximum Gasteiger partial charge on any atom is 0.278 e. The van der Waals surface area contributed by atoms with Crippen LogP contribution in [0.4, 0.5) is 10.1 Å². The number of hydrogen-bond donors (Lipinski definition) is 3. The fraction of sp³-hybridized carbons (Fsp3) is 0.0833. The second-order valence-corrected chi connectivity index (χ2v) is 3.81. The third-order valence-corrected chi connectivity index (χ3v) is 2.36. The first-order chi connectivity index (χ1) is 8.97. The number of halogens is 1. The van der Waals surface area contributed by atoms with E-state index in [-0.39, 0.29) is 17.1 Å². The maximum atomic E-state index is 12.7. The Balaban J connectivity index is 2.29. The average molecular weight is 263 g/mol. The van der Waals surface area contributed by atoms with Crippen molar-refractivity contribution in [1.29, 1.82) is 0 Å². The Morgan fingerprint density at radius 1 is 1.37 bits per heavy atom. The number of H-pyrrole nitrogens is 1. The summed E-state index contributed by atoms with van der Waals surface area (Å²) < 4.78 is 12.7. The van der Waals surface area contributed by atoms with E-state index in [9.17, 15) is 19.1 Å². The van der Waals surface area contributed by atoms with Crippen LogP contribution in [0.1, 0.15) is 16.2 Å². The molecule has 98 valence electrons. The minimum atomic E-state index is -0.666. The molecule has 1 amide bonds. The van der Waals surface area contributed by atoms with Crippen LogP contribution in [0.3, 0.4) is 0 Å². The van der Waals surface area contributed by atoms with Crippen molar-refractivity contribution in [2.24, 2.45) is 0 Å². The van der Waals surface area contributed by atoms with Gasteiger partial charge in [-0.15, -0.1) is 0 Å². The van der Waals surface area contributed by atoms with E-state index in [1.54, 1.807) is 0 Å². The van der Waals surface area contributed by atoms with Crippen LogP contribution >= 0.6 is 0 Å². The lowest BCUT2D eigenvalue weighted by Crippen LogP contribution is -2.21. The Morgan fingerprint density at radius 2 is 2.00 bits per heavy atom. The van der Waals surface area contributed by atoms with E-state index in [0.29, 0.717) is 0 Å². The Bertz CT molecular complexity index is 680. The number of aromatic hydroxyl groups is 1. The highest BCUT2D eigenvalue weighted by Crippen LogP contribution is 2.15. The van der Waals surface area contributed by atoms with E-state index in [1.807, 2.05) is 0 Å². The van der Waals surface area contributed by atoms with Crippen LogP contribution in [0.25, 0.3) is 0 Å². The summed E-state index contributed by atoms with van der Waals surface area (Å²) in [4.78, 5) is 29.3. The minimum Gasteiger partial charge on any atom is -0.492 e. The van der Waals surface area contributed by atoms with Crippen LogP contribution in [-0.2, 0) is 0 Å². The lowest BCUT2D eigenvalue weighted by Gasteiger charge is -2.06. The molecule has 0 bridgehead atoms. The van der Waals surface area contributed by atoms with Gasteiger partial charge in [0, 0.05) is 5.56 Å². The number of benzene rings is 1. The molecule has 0 saturated heterocycles. The van der Waals surface area contributed by atoms with Crippen molar-refractivity contribution in [3.8, 4) is 5.88 Å². The number of carbonyl (C=O) groups excluding carboxylic acids is 1. The number of aromatic nitrogens is 2. The van der Waals surface area contributed by atoms with Gasteiger partial charge in [0.15, 0.2) is 5.69 Å². The molecule has 1 aromatic carbocycles. The van der Waals surface area contributed by atoms with Gasteiger partial charge < -0.3 is 15.4 Å². The zero-order valence-electron chi connectivity index (χ0n) is 9.90. The second kappa shape index (κ2) is 4.89. The molecule has 0 atom stereocenters. The van der Waals surface area contributed by atoms with E-state index in [0.717, 1.165) is 12.1 Å². The first-order valence-electron chi connectivity index (χ1n) is 5.34. The Kier molecular flexibility index (Phi) is 3.28. The zero-order valence-corrected chi connectivity index (χ0v) is 9.90. The molecule has 0 fully saturated rings. The molecule has 0 aliphatic carbocycles. The van der Waals surface area contributed by atoms with E-state index in [4.69, 9.17) is 0 Å². The van der Waals surface area contributed by atoms with E-state index < -0.39 is 23.2 Å². The molecule has 1 heterocycles. The number of hydrogen-bond acceptors (Lipinski definition) is 4. The molecule has 6 nitrogen and oxygen atoms in total. The lowest BCUT2D eigenvalue weighted by atomic mass is 10.2. The molecule has 19 heavy (non-hydrogen) atoms. The normalized spacial score (nSPS) is 10.2. The molecular formula is C12H10FN3O3. The van der Waals surface area contributed by atoms with Gasteiger partial charge in [0.25, 0.3) is 11.5 Å². The van der Waals surface area contributed by atoms with E-state index in [2.05, 4.69) is 15.3 Å². The quantitative estimate of drug-likeness (QED) is 0.758. The number of nitrogens with one attached hydrogen (secondary N) is 2. The van der Waals surface area contributed by atoms with Crippen LogP contribution in [0, 0.1) is 12.7 Å².